The van der Waals surface area contributed by atoms with Crippen LogP contribution in [0, 0.1) is 0 Å². The van der Waals surface area contributed by atoms with Gasteiger partial charge in [0.05, 0.1) is 22.6 Å². The van der Waals surface area contributed by atoms with Crippen LogP contribution in [0.5, 0.6) is 5.88 Å². The fourth-order valence-corrected chi connectivity index (χ4v) is 3.98. The van der Waals surface area contributed by atoms with Crippen molar-refractivity contribution < 1.29 is 41.4 Å². The Labute approximate surface area is 227 Å². The molecule has 1 aliphatic heterocycles. The van der Waals surface area contributed by atoms with Crippen LogP contribution in [0.25, 0.3) is 16.6 Å². The quantitative estimate of drug-likeness (QED) is 0.336. The zero-order chi connectivity index (χ0) is 29.1. The van der Waals surface area contributed by atoms with Gasteiger partial charge in [0.25, 0.3) is 11.8 Å². The van der Waals surface area contributed by atoms with Crippen LogP contribution in [0.3, 0.4) is 0 Å². The van der Waals surface area contributed by atoms with Crippen LogP contribution in [0.4, 0.5) is 22.0 Å². The van der Waals surface area contributed by atoms with E-state index in [1.54, 1.807) is 41.0 Å². The molecule has 1 saturated heterocycles. The number of rotatable bonds is 4. The molecule has 210 valence electrons. The maximum absolute atomic E-state index is 14.7. The number of benzene rings is 2. The summed E-state index contributed by atoms with van der Waals surface area (Å²) in [5.74, 6) is -6.24. The molecule has 2 aromatic carbocycles. The maximum atomic E-state index is 14.7. The second-order valence-electron chi connectivity index (χ2n) is 8.55. The summed E-state index contributed by atoms with van der Waals surface area (Å²) in [6.07, 6.45) is -4.18. The normalized spacial score (nSPS) is 16.6. The van der Waals surface area contributed by atoms with Gasteiger partial charge in [0.15, 0.2) is 6.10 Å². The first-order valence-electron chi connectivity index (χ1n) is 11.5. The Morgan fingerprint density at radius 2 is 1.73 bits per heavy atom. The Bertz CT molecular complexity index is 1520. The van der Waals surface area contributed by atoms with Crippen LogP contribution in [-0.4, -0.2) is 72.9 Å². The van der Waals surface area contributed by atoms with Gasteiger partial charge in [-0.2, -0.15) is 13.2 Å². The molecule has 5 rings (SSSR count). The number of likely N-dealkylation sites (tertiary alicyclic amines) is 1. The van der Waals surface area contributed by atoms with E-state index in [0.717, 1.165) is 5.39 Å². The van der Waals surface area contributed by atoms with Crippen LogP contribution in [0.2, 0.25) is 5.02 Å². The molecule has 1 amide bonds. The molecule has 3 heterocycles. The van der Waals surface area contributed by atoms with E-state index in [-0.39, 0.29) is 29.6 Å². The Morgan fingerprint density at radius 1 is 1.05 bits per heavy atom. The number of carbonyl (C=O) groups excluding carboxylic acids is 1. The molecule has 0 bridgehead atoms. The van der Waals surface area contributed by atoms with Gasteiger partial charge < -0.3 is 14.7 Å². The summed E-state index contributed by atoms with van der Waals surface area (Å²) in [6, 6.07) is 15.5. The van der Waals surface area contributed by atoms with Crippen molar-refractivity contribution in [3.63, 3.8) is 0 Å². The largest absolute Gasteiger partial charge is 0.490 e. The summed E-state index contributed by atoms with van der Waals surface area (Å²) in [5.41, 5.74) is 1.47. The lowest BCUT2D eigenvalue weighted by atomic mass is 10.0. The number of halogens is 6. The summed E-state index contributed by atoms with van der Waals surface area (Å²) in [4.78, 5) is 27.8. The Kier molecular flexibility index (Phi) is 8.18. The number of hydrogen-bond acceptors (Lipinski definition) is 6. The summed E-state index contributed by atoms with van der Waals surface area (Å²) >= 11 is 6.27. The monoisotopic (exact) mass is 583 g/mol. The molecular weight excluding hydrogens is 565 g/mol. The first-order valence-corrected chi connectivity index (χ1v) is 11.9. The highest BCUT2D eigenvalue weighted by Gasteiger charge is 2.47. The van der Waals surface area contributed by atoms with Crippen molar-refractivity contribution in [2.24, 2.45) is 0 Å². The standard InChI is InChI=1S/C23H18ClF2N5O2.C2HF3O2/c24-18-7-6-16(31-13-27-28-14-31)11-17(18)22(32)30-10-9-23(25,26)20(12-30)33-21-8-5-15-3-1-2-4-19(15)29-21;3-2(4,5)1(6)7/h1-8,11,13-14,20H,9-10,12H2;(H,6,7). The van der Waals surface area contributed by atoms with E-state index >= 15 is 0 Å². The van der Waals surface area contributed by atoms with Crippen molar-refractivity contribution in [2.75, 3.05) is 13.1 Å². The number of nitrogens with zero attached hydrogens (tertiary/aromatic N) is 5. The third-order valence-corrected chi connectivity index (χ3v) is 6.16. The van der Waals surface area contributed by atoms with E-state index in [4.69, 9.17) is 26.2 Å². The number of carboxylic acids is 1. The van der Waals surface area contributed by atoms with Gasteiger partial charge >= 0.3 is 12.1 Å². The lowest BCUT2D eigenvalue weighted by molar-refractivity contribution is -0.192. The minimum absolute atomic E-state index is 0.0836. The second-order valence-corrected chi connectivity index (χ2v) is 8.95. The number of hydrogen-bond donors (Lipinski definition) is 1. The molecule has 0 saturated carbocycles. The summed E-state index contributed by atoms with van der Waals surface area (Å²) in [7, 11) is 0. The van der Waals surface area contributed by atoms with Gasteiger partial charge in [0.1, 0.15) is 12.7 Å². The summed E-state index contributed by atoms with van der Waals surface area (Å²) < 4.78 is 68.4. The number of pyridine rings is 1. The number of carboxylic acid groups (broad SMARTS) is 1. The van der Waals surface area contributed by atoms with Crippen molar-refractivity contribution in [1.29, 1.82) is 0 Å². The van der Waals surface area contributed by atoms with Crippen LogP contribution in [0.1, 0.15) is 16.8 Å². The van der Waals surface area contributed by atoms with E-state index in [2.05, 4.69) is 15.2 Å². The molecule has 1 fully saturated rings. The number of fused-ring (bicyclic) bond motifs is 1. The van der Waals surface area contributed by atoms with Gasteiger partial charge in [0, 0.05) is 30.1 Å². The number of ether oxygens (including phenoxy) is 1. The highest BCUT2D eigenvalue weighted by atomic mass is 35.5. The van der Waals surface area contributed by atoms with E-state index in [0.29, 0.717) is 11.2 Å². The first-order chi connectivity index (χ1) is 18.8. The summed E-state index contributed by atoms with van der Waals surface area (Å²) in [5, 5.41) is 15.7. The van der Waals surface area contributed by atoms with E-state index < -0.39 is 36.5 Å². The van der Waals surface area contributed by atoms with Gasteiger partial charge in [-0.1, -0.05) is 29.8 Å². The predicted octanol–water partition coefficient (Wildman–Crippen LogP) is 5.03. The molecule has 1 N–H and O–H groups in total. The van der Waals surface area contributed by atoms with Gasteiger partial charge in [-0.15, -0.1) is 10.2 Å². The zero-order valence-electron chi connectivity index (χ0n) is 20.2. The van der Waals surface area contributed by atoms with Crippen LogP contribution in [-0.2, 0) is 4.79 Å². The minimum Gasteiger partial charge on any atom is -0.475 e. The Balaban J connectivity index is 0.000000470. The smallest absolute Gasteiger partial charge is 0.475 e. The van der Waals surface area contributed by atoms with E-state index in [1.807, 2.05) is 18.2 Å². The number of alkyl halides is 5. The van der Waals surface area contributed by atoms with Crippen LogP contribution < -0.4 is 4.74 Å². The molecule has 15 heteroatoms. The minimum atomic E-state index is -5.08. The second kappa shape index (κ2) is 11.4. The Morgan fingerprint density at radius 3 is 2.40 bits per heavy atom. The number of para-hydroxylation sites is 1. The molecular formula is C25H19ClF5N5O4. The molecule has 40 heavy (non-hydrogen) atoms. The average Bonchev–Trinajstić information content (AvgIpc) is 3.45. The van der Waals surface area contributed by atoms with Crippen LogP contribution in [0.15, 0.2) is 67.3 Å². The van der Waals surface area contributed by atoms with Crippen LogP contribution >= 0.6 is 11.6 Å². The summed E-state index contributed by atoms with van der Waals surface area (Å²) in [6.45, 7) is -0.419. The molecule has 0 radical (unpaired) electrons. The first kappa shape index (κ1) is 28.7. The topological polar surface area (TPSA) is 110 Å². The lowest BCUT2D eigenvalue weighted by Crippen LogP contribution is -2.55. The fraction of sp³-hybridized carbons (Fsp3) is 0.240. The van der Waals surface area contributed by atoms with Crippen molar-refractivity contribution in [2.45, 2.75) is 24.6 Å². The average molecular weight is 584 g/mol. The van der Waals surface area contributed by atoms with Crippen molar-refractivity contribution in [1.82, 2.24) is 24.6 Å². The number of amides is 1. The van der Waals surface area contributed by atoms with Crippen molar-refractivity contribution in [3.05, 3.63) is 77.8 Å². The van der Waals surface area contributed by atoms with Crippen molar-refractivity contribution >= 4 is 34.4 Å². The molecule has 9 nitrogen and oxygen atoms in total. The SMILES string of the molecule is O=C(O)C(F)(F)F.O=C(c1cc(-n2cnnc2)ccc1Cl)N1CCC(F)(F)C(Oc2ccc3ccccc3n2)C1. The van der Waals surface area contributed by atoms with Crippen molar-refractivity contribution in [3.8, 4) is 11.6 Å². The number of piperidine rings is 1. The third kappa shape index (κ3) is 6.62. The molecule has 1 aliphatic rings. The molecule has 2 aromatic heterocycles. The van der Waals surface area contributed by atoms with Gasteiger partial charge in [0.2, 0.25) is 5.88 Å². The molecule has 0 aliphatic carbocycles. The molecule has 4 aromatic rings. The maximum Gasteiger partial charge on any atom is 0.490 e. The van der Waals surface area contributed by atoms with E-state index in [9.17, 15) is 26.7 Å². The number of aromatic nitrogens is 4. The highest BCUT2D eigenvalue weighted by molar-refractivity contribution is 6.33. The van der Waals surface area contributed by atoms with E-state index in [1.165, 1.54) is 17.6 Å². The molecule has 0 spiro atoms. The number of carbonyl (C=O) groups is 2. The Hall–Kier alpha value is -4.33. The fourth-order valence-electron chi connectivity index (χ4n) is 3.78. The van der Waals surface area contributed by atoms with Gasteiger partial charge in [-0.3, -0.25) is 9.36 Å². The molecule has 1 atom stereocenters. The molecule has 1 unspecified atom stereocenters. The highest BCUT2D eigenvalue weighted by Crippen LogP contribution is 2.33. The van der Waals surface area contributed by atoms with Gasteiger partial charge in [-0.05, 0) is 30.3 Å². The predicted molar refractivity (Wildman–Crippen MR) is 132 cm³/mol. The number of aliphatic carboxylic acids is 1. The third-order valence-electron chi connectivity index (χ3n) is 5.84. The zero-order valence-corrected chi connectivity index (χ0v) is 21.0. The van der Waals surface area contributed by atoms with Gasteiger partial charge in [-0.25, -0.2) is 18.6 Å². The lowest BCUT2D eigenvalue weighted by Gasteiger charge is -2.38.